The first-order valence-electron chi connectivity index (χ1n) is 9.84. The zero-order chi connectivity index (χ0) is 19.2. The molecule has 0 N–H and O–H groups in total. The van der Waals surface area contributed by atoms with Crippen molar-refractivity contribution in [2.75, 3.05) is 0 Å². The van der Waals surface area contributed by atoms with Gasteiger partial charge in [0, 0.05) is 8.80 Å². The van der Waals surface area contributed by atoms with Gasteiger partial charge in [0.1, 0.15) is 0 Å². The van der Waals surface area contributed by atoms with Crippen molar-refractivity contribution in [1.82, 2.24) is 0 Å². The van der Waals surface area contributed by atoms with Crippen LogP contribution in [0.25, 0.3) is 22.3 Å². The Morgan fingerprint density at radius 3 is 2.07 bits per heavy atom. The first kappa shape index (κ1) is 19.1. The SMILES string of the molecule is CCCC(c1cccc(-c2ccccc2-c2cccc(C#N)c2)c1)[SiH](C)C. The van der Waals surface area contributed by atoms with Crippen molar-refractivity contribution >= 4 is 8.80 Å². The van der Waals surface area contributed by atoms with Crippen LogP contribution in [0.15, 0.2) is 72.8 Å². The molecule has 2 heteroatoms. The Bertz CT molecular complexity index is 952. The van der Waals surface area contributed by atoms with Crippen molar-refractivity contribution in [3.8, 4) is 28.3 Å². The molecule has 1 unspecified atom stereocenters. The largest absolute Gasteiger partial charge is 0.192 e. The fraction of sp³-hybridized carbons (Fsp3) is 0.240. The molecular formula is C25H27NSi. The van der Waals surface area contributed by atoms with E-state index >= 15 is 0 Å². The van der Waals surface area contributed by atoms with E-state index in [1.54, 1.807) is 0 Å². The van der Waals surface area contributed by atoms with Gasteiger partial charge in [-0.2, -0.15) is 5.26 Å². The molecule has 0 spiro atoms. The van der Waals surface area contributed by atoms with Crippen molar-refractivity contribution < 1.29 is 0 Å². The molecule has 0 saturated heterocycles. The summed E-state index contributed by atoms with van der Waals surface area (Å²) < 4.78 is 0. The maximum Gasteiger partial charge on any atom is 0.0991 e. The summed E-state index contributed by atoms with van der Waals surface area (Å²) in [5, 5.41) is 9.25. The molecule has 0 heterocycles. The van der Waals surface area contributed by atoms with Crippen LogP contribution in [0.3, 0.4) is 0 Å². The highest BCUT2D eigenvalue weighted by molar-refractivity contribution is 6.57. The predicted octanol–water partition coefficient (Wildman–Crippen LogP) is 6.80. The summed E-state index contributed by atoms with van der Waals surface area (Å²) in [6.07, 6.45) is 2.51. The van der Waals surface area contributed by atoms with Gasteiger partial charge < -0.3 is 0 Å². The summed E-state index contributed by atoms with van der Waals surface area (Å²) in [5.74, 6) is 0. The highest BCUT2D eigenvalue weighted by Gasteiger charge is 2.17. The van der Waals surface area contributed by atoms with Gasteiger partial charge in [-0.3, -0.25) is 0 Å². The lowest BCUT2D eigenvalue weighted by molar-refractivity contribution is 0.756. The number of rotatable bonds is 6. The van der Waals surface area contributed by atoms with Crippen LogP contribution in [-0.4, -0.2) is 8.80 Å². The fourth-order valence-corrected chi connectivity index (χ4v) is 5.85. The highest BCUT2D eigenvalue weighted by Crippen LogP contribution is 2.34. The third kappa shape index (κ3) is 4.38. The summed E-state index contributed by atoms with van der Waals surface area (Å²) in [6.45, 7) is 7.19. The molecule has 0 aliphatic rings. The minimum atomic E-state index is -0.763. The average Bonchev–Trinajstić information content (AvgIpc) is 2.72. The van der Waals surface area contributed by atoms with Gasteiger partial charge in [-0.1, -0.05) is 87.1 Å². The first-order valence-corrected chi connectivity index (χ1v) is 12.8. The van der Waals surface area contributed by atoms with E-state index in [0.717, 1.165) is 11.1 Å². The van der Waals surface area contributed by atoms with Crippen molar-refractivity contribution in [1.29, 1.82) is 5.26 Å². The second kappa shape index (κ2) is 8.84. The smallest absolute Gasteiger partial charge is 0.0991 e. The second-order valence-electron chi connectivity index (χ2n) is 7.50. The van der Waals surface area contributed by atoms with Crippen LogP contribution in [0.4, 0.5) is 0 Å². The second-order valence-corrected chi connectivity index (χ2v) is 10.8. The van der Waals surface area contributed by atoms with Gasteiger partial charge in [-0.25, -0.2) is 0 Å². The summed E-state index contributed by atoms with van der Waals surface area (Å²) in [6, 6.07) is 27.7. The molecule has 0 aliphatic heterocycles. The molecule has 0 amide bonds. The summed E-state index contributed by atoms with van der Waals surface area (Å²) in [5.41, 5.74) is 7.68. The molecule has 0 aromatic heterocycles. The summed E-state index contributed by atoms with van der Waals surface area (Å²) >= 11 is 0. The third-order valence-electron chi connectivity index (χ3n) is 5.26. The normalized spacial score (nSPS) is 12.0. The van der Waals surface area contributed by atoms with Crippen molar-refractivity contribution in [3.63, 3.8) is 0 Å². The van der Waals surface area contributed by atoms with Gasteiger partial charge in [0.05, 0.1) is 11.6 Å². The Labute approximate surface area is 164 Å². The highest BCUT2D eigenvalue weighted by atomic mass is 28.3. The third-order valence-corrected chi connectivity index (χ3v) is 7.59. The van der Waals surface area contributed by atoms with Crippen molar-refractivity contribution in [2.45, 2.75) is 38.4 Å². The zero-order valence-electron chi connectivity index (χ0n) is 16.4. The fourth-order valence-electron chi connectivity index (χ4n) is 3.88. The maximum absolute atomic E-state index is 9.25. The quantitative estimate of drug-likeness (QED) is 0.438. The summed E-state index contributed by atoms with van der Waals surface area (Å²) in [4.78, 5) is 0. The van der Waals surface area contributed by atoms with E-state index in [9.17, 15) is 5.26 Å². The number of hydrogen-bond acceptors (Lipinski definition) is 1. The predicted molar refractivity (Wildman–Crippen MR) is 119 cm³/mol. The van der Waals surface area contributed by atoms with Crippen LogP contribution in [0.1, 0.15) is 36.4 Å². The lowest BCUT2D eigenvalue weighted by Gasteiger charge is -2.21. The van der Waals surface area contributed by atoms with E-state index in [4.69, 9.17) is 0 Å². The lowest BCUT2D eigenvalue weighted by atomic mass is 9.92. The summed E-state index contributed by atoms with van der Waals surface area (Å²) in [7, 11) is -0.763. The van der Waals surface area contributed by atoms with Crippen LogP contribution in [-0.2, 0) is 0 Å². The minimum absolute atomic E-state index is 0.699. The molecular weight excluding hydrogens is 342 g/mol. The van der Waals surface area contributed by atoms with Crippen LogP contribution in [0.2, 0.25) is 13.1 Å². The number of hydrogen-bond donors (Lipinski definition) is 0. The van der Waals surface area contributed by atoms with E-state index in [1.807, 2.05) is 18.2 Å². The molecule has 1 nitrogen and oxygen atoms in total. The van der Waals surface area contributed by atoms with Crippen LogP contribution in [0.5, 0.6) is 0 Å². The first-order chi connectivity index (χ1) is 13.1. The van der Waals surface area contributed by atoms with E-state index < -0.39 is 8.80 Å². The minimum Gasteiger partial charge on any atom is -0.192 e. The molecule has 3 aromatic rings. The molecule has 0 bridgehead atoms. The average molecular weight is 370 g/mol. The Hall–Kier alpha value is -2.63. The molecule has 3 aromatic carbocycles. The molecule has 1 atom stereocenters. The number of nitrogens with zero attached hydrogens (tertiary/aromatic N) is 1. The lowest BCUT2D eigenvalue weighted by Crippen LogP contribution is -2.15. The van der Waals surface area contributed by atoms with Crippen LogP contribution >= 0.6 is 0 Å². The number of nitriles is 1. The van der Waals surface area contributed by atoms with Crippen LogP contribution < -0.4 is 0 Å². The Balaban J connectivity index is 2.08. The van der Waals surface area contributed by atoms with E-state index in [2.05, 4.69) is 80.7 Å². The Morgan fingerprint density at radius 1 is 0.852 bits per heavy atom. The van der Waals surface area contributed by atoms with Gasteiger partial charge in [0.15, 0.2) is 0 Å². The molecule has 136 valence electrons. The van der Waals surface area contributed by atoms with Gasteiger partial charge in [-0.05, 0) is 51.9 Å². The molecule has 0 radical (unpaired) electrons. The van der Waals surface area contributed by atoms with Crippen molar-refractivity contribution in [2.24, 2.45) is 0 Å². The van der Waals surface area contributed by atoms with Crippen LogP contribution in [0, 0.1) is 11.3 Å². The monoisotopic (exact) mass is 369 g/mol. The van der Waals surface area contributed by atoms with Crippen molar-refractivity contribution in [3.05, 3.63) is 83.9 Å². The number of benzene rings is 3. The van der Waals surface area contributed by atoms with E-state index in [1.165, 1.54) is 35.1 Å². The molecule has 27 heavy (non-hydrogen) atoms. The maximum atomic E-state index is 9.25. The topological polar surface area (TPSA) is 23.8 Å². The van der Waals surface area contributed by atoms with E-state index in [0.29, 0.717) is 5.56 Å². The standard InChI is InChI=1S/C25H27NSi/c1-4-9-25(27(2)3)22-13-8-12-21(17-22)24-15-6-5-14-23(24)20-11-7-10-19(16-20)18-26/h5-8,10-17,25,27H,4,9H2,1-3H3. The Kier molecular flexibility index (Phi) is 6.26. The molecule has 0 fully saturated rings. The molecule has 3 rings (SSSR count). The van der Waals surface area contributed by atoms with Gasteiger partial charge in [-0.15, -0.1) is 0 Å². The van der Waals surface area contributed by atoms with Gasteiger partial charge in [0.25, 0.3) is 0 Å². The molecule has 0 aliphatic carbocycles. The van der Waals surface area contributed by atoms with Gasteiger partial charge >= 0.3 is 0 Å². The van der Waals surface area contributed by atoms with Gasteiger partial charge in [0.2, 0.25) is 0 Å². The molecule has 0 saturated carbocycles. The van der Waals surface area contributed by atoms with E-state index in [-0.39, 0.29) is 0 Å². The zero-order valence-corrected chi connectivity index (χ0v) is 17.6. The Morgan fingerprint density at radius 2 is 1.48 bits per heavy atom.